The molecule has 0 aliphatic carbocycles. The van der Waals surface area contributed by atoms with E-state index >= 15 is 0 Å². The van der Waals surface area contributed by atoms with Crippen molar-refractivity contribution in [1.29, 1.82) is 0 Å². The molecule has 19 heavy (non-hydrogen) atoms. The zero-order valence-electron chi connectivity index (χ0n) is 11.0. The maximum atomic E-state index is 12.2. The number of likely N-dealkylation sites (N-methyl/N-ethyl adjacent to an activating group) is 1. The first-order valence-corrected chi connectivity index (χ1v) is 7.17. The van der Waals surface area contributed by atoms with Gasteiger partial charge in [-0.1, -0.05) is 29.3 Å². The van der Waals surface area contributed by atoms with Gasteiger partial charge in [0.25, 0.3) is 5.91 Å². The van der Waals surface area contributed by atoms with Crippen molar-refractivity contribution < 1.29 is 14.3 Å². The quantitative estimate of drug-likeness (QED) is 0.631. The second-order valence-electron chi connectivity index (χ2n) is 4.54. The second kappa shape index (κ2) is 5.74. The molecular formula is C14H16BrNO3. The Hall–Kier alpha value is -1.36. The van der Waals surface area contributed by atoms with Crippen LogP contribution in [0, 0.1) is 0 Å². The lowest BCUT2D eigenvalue weighted by Crippen LogP contribution is -2.35. The van der Waals surface area contributed by atoms with Crippen LogP contribution in [-0.4, -0.2) is 30.2 Å². The van der Waals surface area contributed by atoms with Gasteiger partial charge in [-0.05, 0) is 24.6 Å². The molecule has 1 heterocycles. The Kier molecular flexibility index (Phi) is 4.24. The summed E-state index contributed by atoms with van der Waals surface area (Å²) in [7, 11) is 1.69. The van der Waals surface area contributed by atoms with Crippen LogP contribution in [0.2, 0.25) is 0 Å². The van der Waals surface area contributed by atoms with E-state index in [4.69, 9.17) is 4.74 Å². The summed E-state index contributed by atoms with van der Waals surface area (Å²) in [6, 6.07) is 5.21. The molecule has 0 aromatic heterocycles. The highest BCUT2D eigenvalue weighted by atomic mass is 79.9. The zero-order valence-corrected chi connectivity index (χ0v) is 12.6. The van der Waals surface area contributed by atoms with E-state index in [-0.39, 0.29) is 23.1 Å². The number of carbonyl (C=O) groups excluding carboxylic acids is 2. The minimum Gasteiger partial charge on any atom is -0.482 e. The van der Waals surface area contributed by atoms with Crippen molar-refractivity contribution in [3.63, 3.8) is 0 Å². The predicted octanol–water partition coefficient (Wildman–Crippen LogP) is 2.79. The normalized spacial score (nSPS) is 15.7. The summed E-state index contributed by atoms with van der Waals surface area (Å²) < 4.78 is 5.33. The molecule has 0 radical (unpaired) electrons. The largest absolute Gasteiger partial charge is 0.482 e. The molecule has 0 saturated carbocycles. The Morgan fingerprint density at radius 3 is 2.95 bits per heavy atom. The topological polar surface area (TPSA) is 46.6 Å². The summed E-state index contributed by atoms with van der Waals surface area (Å²) in [5.41, 5.74) is 1.25. The second-order valence-corrected chi connectivity index (χ2v) is 5.65. The number of carbonyl (C=O) groups is 2. The fourth-order valence-corrected chi connectivity index (χ4v) is 2.71. The van der Waals surface area contributed by atoms with Crippen molar-refractivity contribution in [2.24, 2.45) is 0 Å². The molecule has 0 spiro atoms. The Morgan fingerprint density at radius 2 is 2.26 bits per heavy atom. The van der Waals surface area contributed by atoms with Gasteiger partial charge >= 0.3 is 0 Å². The molecule has 0 bridgehead atoms. The molecule has 1 aliphatic rings. The number of nitrogens with zero attached hydrogens (tertiary/aromatic N) is 1. The SMILES string of the molecule is CCCC(Br)C(=O)c1ccc2c(c1)N(C)C(=O)CO2. The van der Waals surface area contributed by atoms with E-state index in [1.54, 1.807) is 25.2 Å². The van der Waals surface area contributed by atoms with E-state index < -0.39 is 0 Å². The maximum Gasteiger partial charge on any atom is 0.264 e. The average molecular weight is 326 g/mol. The number of amides is 1. The lowest BCUT2D eigenvalue weighted by Gasteiger charge is -2.26. The fraction of sp³-hybridized carbons (Fsp3) is 0.429. The Morgan fingerprint density at radius 1 is 1.53 bits per heavy atom. The minimum absolute atomic E-state index is 0.0380. The average Bonchev–Trinajstić information content (AvgIpc) is 2.42. The van der Waals surface area contributed by atoms with Crippen molar-refractivity contribution in [3.05, 3.63) is 23.8 Å². The van der Waals surface area contributed by atoms with Crippen LogP contribution < -0.4 is 9.64 Å². The Bertz CT molecular complexity index is 515. The van der Waals surface area contributed by atoms with Crippen LogP contribution in [0.25, 0.3) is 0 Å². The number of anilines is 1. The molecular weight excluding hydrogens is 310 g/mol. The first-order valence-electron chi connectivity index (χ1n) is 6.26. The summed E-state index contributed by atoms with van der Waals surface area (Å²) in [4.78, 5) is 25.1. The van der Waals surface area contributed by atoms with E-state index in [0.717, 1.165) is 12.8 Å². The molecule has 5 heteroatoms. The molecule has 102 valence electrons. The molecule has 0 N–H and O–H groups in total. The summed E-state index contributed by atoms with van der Waals surface area (Å²) in [6.07, 6.45) is 1.73. The third kappa shape index (κ3) is 2.81. The lowest BCUT2D eigenvalue weighted by molar-refractivity contribution is -0.120. The third-order valence-electron chi connectivity index (χ3n) is 3.16. The number of Topliss-reactive ketones (excluding diaryl/α,β-unsaturated/α-hetero) is 1. The van der Waals surface area contributed by atoms with Crippen LogP contribution >= 0.6 is 15.9 Å². The van der Waals surface area contributed by atoms with Crippen molar-refractivity contribution >= 4 is 33.3 Å². The van der Waals surface area contributed by atoms with E-state index in [9.17, 15) is 9.59 Å². The number of halogens is 1. The van der Waals surface area contributed by atoms with Gasteiger partial charge in [0.05, 0.1) is 10.5 Å². The van der Waals surface area contributed by atoms with Crippen LogP contribution in [0.4, 0.5) is 5.69 Å². The van der Waals surface area contributed by atoms with E-state index in [2.05, 4.69) is 15.9 Å². The molecule has 1 aromatic rings. The molecule has 4 nitrogen and oxygen atoms in total. The van der Waals surface area contributed by atoms with Crippen molar-refractivity contribution in [2.45, 2.75) is 24.6 Å². The van der Waals surface area contributed by atoms with Crippen LogP contribution in [0.3, 0.4) is 0 Å². The monoisotopic (exact) mass is 325 g/mol. The standard InChI is InChI=1S/C14H16BrNO3/c1-3-4-10(15)14(18)9-5-6-12-11(7-9)16(2)13(17)8-19-12/h5-7,10H,3-4,8H2,1-2H3. The minimum atomic E-state index is -0.180. The molecule has 1 aliphatic heterocycles. The molecule has 0 fully saturated rings. The number of fused-ring (bicyclic) bond motifs is 1. The summed E-state index contributed by atoms with van der Waals surface area (Å²) in [6.45, 7) is 2.09. The first-order chi connectivity index (χ1) is 9.04. The fourth-order valence-electron chi connectivity index (χ4n) is 1.99. The molecule has 1 atom stereocenters. The van der Waals surface area contributed by atoms with Crippen molar-refractivity contribution in [2.75, 3.05) is 18.6 Å². The Labute approximate surface area is 120 Å². The van der Waals surface area contributed by atoms with Gasteiger partial charge in [-0.15, -0.1) is 0 Å². The number of ketones is 1. The molecule has 2 rings (SSSR count). The number of ether oxygens (including phenoxy) is 1. The van der Waals surface area contributed by atoms with Gasteiger partial charge in [0.15, 0.2) is 12.4 Å². The van der Waals surface area contributed by atoms with Crippen LogP contribution in [0.5, 0.6) is 5.75 Å². The third-order valence-corrected chi connectivity index (χ3v) is 4.03. The number of rotatable bonds is 4. The number of hydrogen-bond acceptors (Lipinski definition) is 3. The molecule has 0 saturated heterocycles. The van der Waals surface area contributed by atoms with E-state index in [0.29, 0.717) is 17.0 Å². The van der Waals surface area contributed by atoms with E-state index in [1.165, 1.54) is 4.90 Å². The summed E-state index contributed by atoms with van der Waals surface area (Å²) >= 11 is 3.40. The number of alkyl halides is 1. The zero-order chi connectivity index (χ0) is 14.0. The van der Waals surface area contributed by atoms with Gasteiger partial charge in [0, 0.05) is 12.6 Å². The maximum absolute atomic E-state index is 12.2. The smallest absolute Gasteiger partial charge is 0.264 e. The van der Waals surface area contributed by atoms with Crippen molar-refractivity contribution in [1.82, 2.24) is 0 Å². The van der Waals surface area contributed by atoms with Gasteiger partial charge in [0.1, 0.15) is 5.75 Å². The predicted molar refractivity (Wildman–Crippen MR) is 77.3 cm³/mol. The molecule has 1 amide bonds. The van der Waals surface area contributed by atoms with Crippen LogP contribution in [-0.2, 0) is 4.79 Å². The first kappa shape index (κ1) is 14.1. The highest BCUT2D eigenvalue weighted by Gasteiger charge is 2.24. The van der Waals surface area contributed by atoms with Gasteiger partial charge in [-0.3, -0.25) is 9.59 Å². The molecule has 1 unspecified atom stereocenters. The van der Waals surface area contributed by atoms with Gasteiger partial charge < -0.3 is 9.64 Å². The summed E-state index contributed by atoms with van der Waals surface area (Å²) in [5.74, 6) is 0.567. The summed E-state index contributed by atoms with van der Waals surface area (Å²) in [5, 5.41) is 0. The van der Waals surface area contributed by atoms with Gasteiger partial charge in [0.2, 0.25) is 0 Å². The van der Waals surface area contributed by atoms with Gasteiger partial charge in [-0.2, -0.15) is 0 Å². The lowest BCUT2D eigenvalue weighted by atomic mass is 10.0. The number of hydrogen-bond donors (Lipinski definition) is 0. The highest BCUT2D eigenvalue weighted by Crippen LogP contribution is 2.32. The molecule has 1 aromatic carbocycles. The highest BCUT2D eigenvalue weighted by molar-refractivity contribution is 9.10. The van der Waals surface area contributed by atoms with Gasteiger partial charge in [-0.25, -0.2) is 0 Å². The Balaban J connectivity index is 2.30. The van der Waals surface area contributed by atoms with Crippen molar-refractivity contribution in [3.8, 4) is 5.75 Å². The van der Waals surface area contributed by atoms with Crippen LogP contribution in [0.1, 0.15) is 30.1 Å². The number of benzene rings is 1. The van der Waals surface area contributed by atoms with E-state index in [1.807, 2.05) is 6.92 Å². The van der Waals surface area contributed by atoms with Crippen LogP contribution in [0.15, 0.2) is 18.2 Å².